The first-order valence-corrected chi connectivity index (χ1v) is 12.4. The fraction of sp³-hybridized carbons (Fsp3) is 0.107. The summed E-state index contributed by atoms with van der Waals surface area (Å²) in [6, 6.07) is 25.2. The van der Waals surface area contributed by atoms with Crippen LogP contribution in [0.1, 0.15) is 32.6 Å². The van der Waals surface area contributed by atoms with Gasteiger partial charge in [0.2, 0.25) is 0 Å². The van der Waals surface area contributed by atoms with Crippen molar-refractivity contribution < 1.29 is 18.5 Å². The second-order valence-corrected chi connectivity index (χ2v) is 10.0. The minimum absolute atomic E-state index is 0.0804. The van der Waals surface area contributed by atoms with E-state index < -0.39 is 11.0 Å². The largest absolute Gasteiger partial charge is 0.506 e. The molecule has 1 atom stereocenters. The first-order valence-electron chi connectivity index (χ1n) is 10.9. The normalized spacial score (nSPS) is 12.0. The van der Waals surface area contributed by atoms with Crippen LogP contribution in [0.3, 0.4) is 0 Å². The molecule has 0 aliphatic carbocycles. The molecule has 4 aromatic carbocycles. The molecular formula is C28H23ClFNO3S. The molecule has 4 rings (SSSR count). The molecule has 0 saturated heterocycles. The van der Waals surface area contributed by atoms with Gasteiger partial charge in [0.25, 0.3) is 0 Å². The van der Waals surface area contributed by atoms with Gasteiger partial charge in [-0.2, -0.15) is 0 Å². The number of carbonyl (C=O) groups excluding carboxylic acids is 1. The van der Waals surface area contributed by atoms with Crippen molar-refractivity contribution in [3.63, 3.8) is 0 Å². The van der Waals surface area contributed by atoms with E-state index in [9.17, 15) is 18.5 Å². The van der Waals surface area contributed by atoms with E-state index in [-0.39, 0.29) is 35.3 Å². The summed E-state index contributed by atoms with van der Waals surface area (Å²) in [4.78, 5) is 12.9. The SMILES string of the molecule is Cc1cc(Cl)cc(S(=O)N(Cc2ccc(F)cc2)Cc2ccc(C(=O)c3ccccc3)cc2)c1O. The van der Waals surface area contributed by atoms with Crippen LogP contribution < -0.4 is 0 Å². The zero-order chi connectivity index (χ0) is 24.9. The predicted octanol–water partition coefficient (Wildman–Crippen LogP) is 6.45. The molecule has 0 heterocycles. The van der Waals surface area contributed by atoms with Gasteiger partial charge in [0.1, 0.15) is 22.6 Å². The average Bonchev–Trinajstić information content (AvgIpc) is 2.87. The Labute approximate surface area is 211 Å². The molecule has 0 amide bonds. The second-order valence-electron chi connectivity index (χ2n) is 8.14. The maximum atomic E-state index is 13.6. The lowest BCUT2D eigenvalue weighted by Crippen LogP contribution is -2.25. The zero-order valence-electron chi connectivity index (χ0n) is 18.9. The lowest BCUT2D eigenvalue weighted by Gasteiger charge is -2.23. The van der Waals surface area contributed by atoms with Crippen molar-refractivity contribution in [2.45, 2.75) is 24.9 Å². The Bertz CT molecular complexity index is 1360. The summed E-state index contributed by atoms with van der Waals surface area (Å²) >= 11 is 6.17. The molecule has 35 heavy (non-hydrogen) atoms. The van der Waals surface area contributed by atoms with Crippen molar-refractivity contribution in [3.05, 3.63) is 130 Å². The van der Waals surface area contributed by atoms with Crippen molar-refractivity contribution in [1.29, 1.82) is 0 Å². The number of hydrogen-bond acceptors (Lipinski definition) is 3. The van der Waals surface area contributed by atoms with E-state index in [1.54, 1.807) is 53.7 Å². The number of ketones is 1. The Kier molecular flexibility index (Phi) is 7.76. The van der Waals surface area contributed by atoms with Crippen LogP contribution in [0.25, 0.3) is 0 Å². The van der Waals surface area contributed by atoms with Crippen LogP contribution in [-0.4, -0.2) is 19.4 Å². The van der Waals surface area contributed by atoms with Gasteiger partial charge in [-0.15, -0.1) is 0 Å². The first-order chi connectivity index (χ1) is 16.8. The summed E-state index contributed by atoms with van der Waals surface area (Å²) in [6.45, 7) is 2.19. The van der Waals surface area contributed by atoms with Crippen LogP contribution in [0, 0.1) is 12.7 Å². The molecule has 4 aromatic rings. The molecule has 0 aliphatic heterocycles. The lowest BCUT2D eigenvalue weighted by atomic mass is 10.0. The molecule has 0 aromatic heterocycles. The predicted molar refractivity (Wildman–Crippen MR) is 136 cm³/mol. The minimum Gasteiger partial charge on any atom is -0.506 e. The van der Waals surface area contributed by atoms with Gasteiger partial charge in [0.05, 0.1) is 4.90 Å². The molecule has 1 N–H and O–H groups in total. The number of phenols is 1. The highest BCUT2D eigenvalue weighted by Crippen LogP contribution is 2.31. The Morgan fingerprint density at radius 3 is 2.03 bits per heavy atom. The number of rotatable bonds is 8. The van der Waals surface area contributed by atoms with Gasteiger partial charge >= 0.3 is 0 Å². The fourth-order valence-electron chi connectivity index (χ4n) is 3.66. The van der Waals surface area contributed by atoms with Crippen molar-refractivity contribution in [1.82, 2.24) is 4.31 Å². The van der Waals surface area contributed by atoms with Crippen LogP contribution in [-0.2, 0) is 24.1 Å². The summed E-state index contributed by atoms with van der Waals surface area (Å²) < 4.78 is 28.7. The van der Waals surface area contributed by atoms with Crippen molar-refractivity contribution >= 4 is 28.4 Å². The highest BCUT2D eigenvalue weighted by molar-refractivity contribution is 7.82. The minimum atomic E-state index is -1.77. The molecule has 0 bridgehead atoms. The Morgan fingerprint density at radius 2 is 1.43 bits per heavy atom. The van der Waals surface area contributed by atoms with Gasteiger partial charge in [0.15, 0.2) is 5.78 Å². The van der Waals surface area contributed by atoms with Gasteiger partial charge < -0.3 is 5.11 Å². The molecule has 1 unspecified atom stereocenters. The zero-order valence-corrected chi connectivity index (χ0v) is 20.5. The van der Waals surface area contributed by atoms with Crippen molar-refractivity contribution in [2.24, 2.45) is 0 Å². The van der Waals surface area contributed by atoms with Gasteiger partial charge in [-0.3, -0.25) is 4.79 Å². The fourth-order valence-corrected chi connectivity index (χ4v) is 5.37. The Hall–Kier alpha value is -3.32. The first kappa shape index (κ1) is 24.8. The number of hydrogen-bond donors (Lipinski definition) is 1. The number of aromatic hydroxyl groups is 1. The quantitative estimate of drug-likeness (QED) is 0.279. The Morgan fingerprint density at radius 1 is 0.886 bits per heavy atom. The summed E-state index contributed by atoms with van der Waals surface area (Å²) in [5.74, 6) is -0.521. The molecule has 4 nitrogen and oxygen atoms in total. The smallest absolute Gasteiger partial charge is 0.193 e. The number of halogens is 2. The summed E-state index contributed by atoms with van der Waals surface area (Å²) in [5.41, 5.74) is 3.25. The molecule has 7 heteroatoms. The highest BCUT2D eigenvalue weighted by atomic mass is 35.5. The van der Waals surface area contributed by atoms with Crippen LogP contribution in [0.4, 0.5) is 4.39 Å². The van der Waals surface area contributed by atoms with Gasteiger partial charge in [-0.1, -0.05) is 78.3 Å². The molecule has 0 spiro atoms. The third kappa shape index (κ3) is 6.03. The third-order valence-electron chi connectivity index (χ3n) is 5.54. The molecule has 0 fully saturated rings. The van der Waals surface area contributed by atoms with Crippen molar-refractivity contribution in [3.8, 4) is 5.75 Å². The van der Waals surface area contributed by atoms with Crippen LogP contribution in [0.5, 0.6) is 5.75 Å². The summed E-state index contributed by atoms with van der Waals surface area (Å²) in [7, 11) is -1.77. The molecule has 0 saturated carbocycles. The maximum absolute atomic E-state index is 13.6. The van der Waals surface area contributed by atoms with Crippen LogP contribution >= 0.6 is 11.6 Å². The van der Waals surface area contributed by atoms with Gasteiger partial charge in [-0.25, -0.2) is 12.9 Å². The number of phenolic OH excluding ortho intramolecular Hbond substituents is 1. The average molecular weight is 508 g/mol. The standard InChI is InChI=1S/C28H23ClFNO3S/c1-19-15-24(29)16-26(27(19)32)35(34)31(18-21-9-13-25(30)14-10-21)17-20-7-11-23(12-8-20)28(33)22-5-3-2-4-6-22/h2-16,32H,17-18H2,1H3. The third-order valence-corrected chi connectivity index (χ3v) is 7.17. The maximum Gasteiger partial charge on any atom is 0.193 e. The molecule has 0 radical (unpaired) electrons. The lowest BCUT2D eigenvalue weighted by molar-refractivity contribution is 0.103. The van der Waals surface area contributed by atoms with Crippen LogP contribution in [0.2, 0.25) is 5.02 Å². The van der Waals surface area contributed by atoms with E-state index in [1.165, 1.54) is 18.2 Å². The van der Waals surface area contributed by atoms with Gasteiger partial charge in [0, 0.05) is 29.2 Å². The number of carbonyl (C=O) groups is 1. The molecular weight excluding hydrogens is 485 g/mol. The van der Waals surface area contributed by atoms with E-state index in [0.717, 1.165) is 11.1 Å². The second kappa shape index (κ2) is 11.0. The van der Waals surface area contributed by atoms with E-state index in [0.29, 0.717) is 21.7 Å². The van der Waals surface area contributed by atoms with Crippen molar-refractivity contribution in [2.75, 3.05) is 0 Å². The van der Waals surface area contributed by atoms with E-state index in [1.807, 2.05) is 30.3 Å². The Balaban J connectivity index is 1.62. The van der Waals surface area contributed by atoms with E-state index >= 15 is 0 Å². The molecule has 0 aliphatic rings. The summed E-state index contributed by atoms with van der Waals surface area (Å²) in [5, 5.41) is 10.9. The van der Waals surface area contributed by atoms with Crippen LogP contribution in [0.15, 0.2) is 95.9 Å². The monoisotopic (exact) mass is 507 g/mol. The number of benzene rings is 4. The molecule has 178 valence electrons. The van der Waals surface area contributed by atoms with E-state index in [2.05, 4.69) is 0 Å². The van der Waals surface area contributed by atoms with Gasteiger partial charge in [-0.05, 0) is 47.9 Å². The topological polar surface area (TPSA) is 57.6 Å². The number of nitrogens with zero attached hydrogens (tertiary/aromatic N) is 1. The number of aryl methyl sites for hydroxylation is 1. The highest BCUT2D eigenvalue weighted by Gasteiger charge is 2.21. The van der Waals surface area contributed by atoms with E-state index in [4.69, 9.17) is 11.6 Å². The summed E-state index contributed by atoms with van der Waals surface area (Å²) in [6.07, 6.45) is 0.